The van der Waals surface area contributed by atoms with Crippen LogP contribution in [0, 0.1) is 0 Å². The number of hydrogen-bond acceptors (Lipinski definition) is 2. The molecule has 0 amide bonds. The van der Waals surface area contributed by atoms with Gasteiger partial charge in [-0.1, -0.05) is 36.4 Å². The Morgan fingerprint density at radius 2 is 1.31 bits per heavy atom. The zero-order valence-corrected chi connectivity index (χ0v) is 8.20. The molecule has 1 rings (SSSR count). The highest BCUT2D eigenvalue weighted by molar-refractivity contribution is 5.85. The lowest BCUT2D eigenvalue weighted by Crippen LogP contribution is -2.25. The summed E-state index contributed by atoms with van der Waals surface area (Å²) in [6.45, 7) is 1.42. The summed E-state index contributed by atoms with van der Waals surface area (Å²) in [5.41, 5.74) is 4.84. The summed E-state index contributed by atoms with van der Waals surface area (Å²) in [4.78, 5) is 9.57. The molecule has 0 heterocycles. The summed E-state index contributed by atoms with van der Waals surface area (Å²) in [6.07, 6.45) is 0. The second-order valence-corrected chi connectivity index (χ2v) is 2.28. The second-order valence-electron chi connectivity index (χ2n) is 2.28. The minimum Gasteiger partial charge on any atom is -0.480 e. The molecule has 0 aliphatic heterocycles. The first-order valence-corrected chi connectivity index (χ1v) is 3.63. The molecule has 0 saturated carbocycles. The van der Waals surface area contributed by atoms with Crippen molar-refractivity contribution in [3.63, 3.8) is 0 Å². The number of halogens is 1. The van der Waals surface area contributed by atoms with E-state index < -0.39 is 12.0 Å². The van der Waals surface area contributed by atoms with Crippen LogP contribution in [0.3, 0.4) is 0 Å². The Balaban J connectivity index is 0. The molecular weight excluding hydrogens is 190 g/mol. The average Bonchev–Trinajstić information content (AvgIpc) is 2.08. The number of carboxylic acids is 1. The van der Waals surface area contributed by atoms with Gasteiger partial charge in [-0.15, -0.1) is 12.4 Å². The number of carboxylic acid groups (broad SMARTS) is 1. The monoisotopic (exact) mass is 203 g/mol. The molecule has 3 nitrogen and oxygen atoms in total. The third-order valence-electron chi connectivity index (χ3n) is 1.06. The number of nitrogens with two attached hydrogens (primary N) is 1. The molecular formula is C9H14ClNO2. The molecule has 74 valence electrons. The molecule has 0 aliphatic carbocycles. The molecule has 1 aromatic carbocycles. The van der Waals surface area contributed by atoms with E-state index in [1.54, 1.807) is 0 Å². The lowest BCUT2D eigenvalue weighted by Gasteiger charge is -1.90. The largest absolute Gasteiger partial charge is 0.480 e. The molecule has 0 spiro atoms. The van der Waals surface area contributed by atoms with Crippen LogP contribution in [0.5, 0.6) is 0 Å². The summed E-state index contributed by atoms with van der Waals surface area (Å²) < 4.78 is 0. The van der Waals surface area contributed by atoms with Gasteiger partial charge >= 0.3 is 5.97 Å². The molecule has 3 N–H and O–H groups in total. The molecule has 0 fully saturated rings. The van der Waals surface area contributed by atoms with Crippen LogP contribution >= 0.6 is 12.4 Å². The predicted octanol–water partition coefficient (Wildman–Crippen LogP) is 1.53. The molecule has 1 atom stereocenters. The zero-order valence-electron chi connectivity index (χ0n) is 7.38. The summed E-state index contributed by atoms with van der Waals surface area (Å²) in [5.74, 6) is -0.963. The van der Waals surface area contributed by atoms with Gasteiger partial charge in [0, 0.05) is 0 Å². The van der Waals surface area contributed by atoms with Crippen LogP contribution in [0.4, 0.5) is 0 Å². The summed E-state index contributed by atoms with van der Waals surface area (Å²) in [5, 5.41) is 7.87. The van der Waals surface area contributed by atoms with Gasteiger partial charge in [0.15, 0.2) is 0 Å². The lowest BCUT2D eigenvalue weighted by atomic mass is 10.4. The second kappa shape index (κ2) is 9.03. The van der Waals surface area contributed by atoms with Crippen molar-refractivity contribution in [2.45, 2.75) is 13.0 Å². The highest BCUT2D eigenvalue weighted by Gasteiger charge is 1.99. The van der Waals surface area contributed by atoms with Gasteiger partial charge < -0.3 is 10.8 Å². The van der Waals surface area contributed by atoms with E-state index in [-0.39, 0.29) is 12.4 Å². The SMILES string of the molecule is CC(N)C(=O)O.Cl.c1ccccc1. The number of rotatable bonds is 1. The van der Waals surface area contributed by atoms with Gasteiger partial charge in [0.05, 0.1) is 0 Å². The molecule has 1 aromatic rings. The Labute approximate surface area is 84.0 Å². The van der Waals surface area contributed by atoms with Gasteiger partial charge in [0.2, 0.25) is 0 Å². The number of aliphatic carboxylic acids is 1. The van der Waals surface area contributed by atoms with Crippen LogP contribution in [0.2, 0.25) is 0 Å². The maximum Gasteiger partial charge on any atom is 0.320 e. The first-order valence-electron chi connectivity index (χ1n) is 3.63. The Hall–Kier alpha value is -1.06. The van der Waals surface area contributed by atoms with E-state index in [0.29, 0.717) is 0 Å². The zero-order chi connectivity index (χ0) is 9.40. The van der Waals surface area contributed by atoms with Crippen molar-refractivity contribution in [1.29, 1.82) is 0 Å². The minimum absolute atomic E-state index is 0. The van der Waals surface area contributed by atoms with Crippen molar-refractivity contribution < 1.29 is 9.90 Å². The number of benzene rings is 1. The Morgan fingerprint density at radius 1 is 1.15 bits per heavy atom. The van der Waals surface area contributed by atoms with Crippen LogP contribution in [0.15, 0.2) is 36.4 Å². The van der Waals surface area contributed by atoms with Gasteiger partial charge in [-0.2, -0.15) is 0 Å². The molecule has 0 radical (unpaired) electrons. The Morgan fingerprint density at radius 3 is 1.38 bits per heavy atom. The smallest absolute Gasteiger partial charge is 0.320 e. The first kappa shape index (κ1) is 14.5. The number of hydrogen-bond donors (Lipinski definition) is 2. The van der Waals surface area contributed by atoms with Gasteiger partial charge in [-0.25, -0.2) is 0 Å². The van der Waals surface area contributed by atoms with E-state index >= 15 is 0 Å². The summed E-state index contributed by atoms with van der Waals surface area (Å²) >= 11 is 0. The van der Waals surface area contributed by atoms with Crippen molar-refractivity contribution in [2.24, 2.45) is 5.73 Å². The van der Waals surface area contributed by atoms with E-state index in [1.165, 1.54) is 6.92 Å². The molecule has 0 bridgehead atoms. The Bertz CT molecular complexity index is 187. The van der Waals surface area contributed by atoms with Crippen molar-refractivity contribution in [1.82, 2.24) is 0 Å². The molecule has 0 aliphatic rings. The normalized spacial score (nSPS) is 10.0. The average molecular weight is 204 g/mol. The van der Waals surface area contributed by atoms with Gasteiger partial charge in [-0.05, 0) is 6.92 Å². The van der Waals surface area contributed by atoms with Gasteiger partial charge in [-0.3, -0.25) is 4.79 Å². The van der Waals surface area contributed by atoms with Crippen molar-refractivity contribution >= 4 is 18.4 Å². The van der Waals surface area contributed by atoms with Crippen LogP contribution < -0.4 is 5.73 Å². The van der Waals surface area contributed by atoms with Crippen molar-refractivity contribution in [3.05, 3.63) is 36.4 Å². The third kappa shape index (κ3) is 10.9. The molecule has 1 unspecified atom stereocenters. The molecule has 0 saturated heterocycles. The quantitative estimate of drug-likeness (QED) is 0.728. The maximum absolute atomic E-state index is 9.57. The van der Waals surface area contributed by atoms with Gasteiger partial charge in [0.1, 0.15) is 6.04 Å². The third-order valence-corrected chi connectivity index (χ3v) is 1.06. The molecule has 0 aromatic heterocycles. The summed E-state index contributed by atoms with van der Waals surface area (Å²) in [6, 6.07) is 11.3. The van der Waals surface area contributed by atoms with Gasteiger partial charge in [0.25, 0.3) is 0 Å². The van der Waals surface area contributed by atoms with Crippen LogP contribution in [-0.4, -0.2) is 17.1 Å². The fourth-order valence-corrected chi connectivity index (χ4v) is 0.385. The molecule has 13 heavy (non-hydrogen) atoms. The Kier molecular flexibility index (Phi) is 10.0. The van der Waals surface area contributed by atoms with Crippen molar-refractivity contribution in [3.8, 4) is 0 Å². The first-order chi connectivity index (χ1) is 5.64. The number of carbonyl (C=O) groups is 1. The topological polar surface area (TPSA) is 63.3 Å². The fraction of sp³-hybridized carbons (Fsp3) is 0.222. The standard InChI is InChI=1S/C6H6.C3H7NO2.ClH/c1-2-4-6-5-3-1;1-2(4)3(5)6;/h1-6H;2H,4H2,1H3,(H,5,6);1H. The van der Waals surface area contributed by atoms with E-state index in [9.17, 15) is 4.79 Å². The van der Waals surface area contributed by atoms with E-state index in [2.05, 4.69) is 0 Å². The fourth-order valence-electron chi connectivity index (χ4n) is 0.385. The van der Waals surface area contributed by atoms with E-state index in [0.717, 1.165) is 0 Å². The lowest BCUT2D eigenvalue weighted by molar-refractivity contribution is -0.138. The predicted molar refractivity (Wildman–Crippen MR) is 55.0 cm³/mol. The van der Waals surface area contributed by atoms with Crippen molar-refractivity contribution in [2.75, 3.05) is 0 Å². The highest BCUT2D eigenvalue weighted by atomic mass is 35.5. The van der Waals surface area contributed by atoms with E-state index in [4.69, 9.17) is 10.8 Å². The van der Waals surface area contributed by atoms with E-state index in [1.807, 2.05) is 36.4 Å². The van der Waals surface area contributed by atoms with Crippen LogP contribution in [0.1, 0.15) is 6.92 Å². The summed E-state index contributed by atoms with van der Waals surface area (Å²) in [7, 11) is 0. The molecule has 4 heteroatoms. The highest BCUT2D eigenvalue weighted by Crippen LogP contribution is 1.79. The van der Waals surface area contributed by atoms with Crippen LogP contribution in [0.25, 0.3) is 0 Å². The van der Waals surface area contributed by atoms with Crippen LogP contribution in [-0.2, 0) is 4.79 Å². The minimum atomic E-state index is -0.963. The maximum atomic E-state index is 9.57.